The van der Waals surface area contributed by atoms with Crippen molar-refractivity contribution in [1.29, 1.82) is 0 Å². The van der Waals surface area contributed by atoms with Gasteiger partial charge < -0.3 is 24.1 Å². The maximum absolute atomic E-state index is 11.8. The van der Waals surface area contributed by atoms with E-state index in [1.165, 1.54) is 19.3 Å². The molecular formula is C20H22O6. The molecule has 26 heavy (non-hydrogen) atoms. The monoisotopic (exact) mass is 358 g/mol. The number of benzene rings is 2. The van der Waals surface area contributed by atoms with E-state index < -0.39 is 5.97 Å². The first-order chi connectivity index (χ1) is 12.6. The topological polar surface area (TPSA) is 74.2 Å². The van der Waals surface area contributed by atoms with Crippen LogP contribution < -0.4 is 14.2 Å². The number of methoxy groups -OCH3 is 3. The zero-order valence-electron chi connectivity index (χ0n) is 15.0. The number of esters is 1. The molecule has 2 aromatic carbocycles. The summed E-state index contributed by atoms with van der Waals surface area (Å²) in [6, 6.07) is 10.4. The molecule has 0 atom stereocenters. The van der Waals surface area contributed by atoms with E-state index in [1.54, 1.807) is 32.4 Å². The summed E-state index contributed by atoms with van der Waals surface area (Å²) in [6.07, 6.45) is 3.44. The summed E-state index contributed by atoms with van der Waals surface area (Å²) in [6.45, 7) is 0.243. The fourth-order valence-corrected chi connectivity index (χ4v) is 2.33. The minimum absolute atomic E-state index is 0.0106. The Morgan fingerprint density at radius 1 is 0.962 bits per heavy atom. The second-order valence-electron chi connectivity index (χ2n) is 5.37. The van der Waals surface area contributed by atoms with Gasteiger partial charge >= 0.3 is 5.97 Å². The van der Waals surface area contributed by atoms with Crippen LogP contribution in [-0.2, 0) is 16.0 Å². The average Bonchev–Trinajstić information content (AvgIpc) is 2.66. The van der Waals surface area contributed by atoms with Gasteiger partial charge in [-0.1, -0.05) is 12.1 Å². The number of hydrogen-bond acceptors (Lipinski definition) is 6. The van der Waals surface area contributed by atoms with Gasteiger partial charge in [0.25, 0.3) is 0 Å². The van der Waals surface area contributed by atoms with Crippen LogP contribution in [0.25, 0.3) is 6.08 Å². The maximum Gasteiger partial charge on any atom is 0.330 e. The van der Waals surface area contributed by atoms with Crippen molar-refractivity contribution in [2.45, 2.75) is 6.42 Å². The number of ether oxygens (including phenoxy) is 4. The first-order valence-corrected chi connectivity index (χ1v) is 8.00. The van der Waals surface area contributed by atoms with E-state index in [4.69, 9.17) is 18.9 Å². The van der Waals surface area contributed by atoms with Crippen LogP contribution in [-0.4, -0.2) is 39.0 Å². The quantitative estimate of drug-likeness (QED) is 0.577. The van der Waals surface area contributed by atoms with Crippen molar-refractivity contribution in [3.8, 4) is 23.0 Å². The SMILES string of the molecule is COc1ccc(/C=C/C(=O)OCCc2ccc(OC)c(OC)c2)cc1O. The second-order valence-corrected chi connectivity index (χ2v) is 5.37. The Bertz CT molecular complexity index is 782. The molecule has 2 rings (SSSR count). The third-order valence-corrected chi connectivity index (χ3v) is 3.70. The molecule has 0 fully saturated rings. The van der Waals surface area contributed by atoms with E-state index in [0.29, 0.717) is 29.2 Å². The zero-order chi connectivity index (χ0) is 18.9. The van der Waals surface area contributed by atoms with Gasteiger partial charge in [-0.3, -0.25) is 0 Å². The van der Waals surface area contributed by atoms with Gasteiger partial charge in [-0.2, -0.15) is 0 Å². The third-order valence-electron chi connectivity index (χ3n) is 3.70. The fourth-order valence-electron chi connectivity index (χ4n) is 2.33. The van der Waals surface area contributed by atoms with E-state index in [-0.39, 0.29) is 12.4 Å². The standard InChI is InChI=1S/C20H22O6/c1-23-17-7-4-14(12-16(17)21)6-9-20(22)26-11-10-15-5-8-18(24-2)19(13-15)25-3/h4-9,12-13,21H,10-11H2,1-3H3/b9-6+. The van der Waals surface area contributed by atoms with Crippen molar-refractivity contribution >= 4 is 12.0 Å². The smallest absolute Gasteiger partial charge is 0.330 e. The van der Waals surface area contributed by atoms with Gasteiger partial charge in [0.15, 0.2) is 23.0 Å². The van der Waals surface area contributed by atoms with Crippen molar-refractivity contribution in [2.24, 2.45) is 0 Å². The molecule has 0 saturated carbocycles. The molecule has 2 aromatic rings. The van der Waals surface area contributed by atoms with Crippen LogP contribution in [0, 0.1) is 0 Å². The Labute approximate surface area is 152 Å². The second kappa shape index (κ2) is 9.36. The number of rotatable bonds is 8. The molecular weight excluding hydrogens is 336 g/mol. The summed E-state index contributed by atoms with van der Waals surface area (Å²) < 4.78 is 20.6. The lowest BCUT2D eigenvalue weighted by molar-refractivity contribution is -0.137. The molecule has 0 aliphatic rings. The van der Waals surface area contributed by atoms with E-state index in [9.17, 15) is 9.90 Å². The number of carbonyl (C=O) groups is 1. The van der Waals surface area contributed by atoms with Gasteiger partial charge in [0.05, 0.1) is 27.9 Å². The summed E-state index contributed by atoms with van der Waals surface area (Å²) in [4.78, 5) is 11.8. The molecule has 0 aliphatic heterocycles. The minimum Gasteiger partial charge on any atom is -0.504 e. The average molecular weight is 358 g/mol. The molecule has 0 radical (unpaired) electrons. The van der Waals surface area contributed by atoms with E-state index in [0.717, 1.165) is 5.56 Å². The Morgan fingerprint density at radius 3 is 2.31 bits per heavy atom. The van der Waals surface area contributed by atoms with Crippen molar-refractivity contribution in [3.05, 3.63) is 53.6 Å². The molecule has 138 valence electrons. The van der Waals surface area contributed by atoms with Crippen molar-refractivity contribution in [2.75, 3.05) is 27.9 Å². The summed E-state index contributed by atoms with van der Waals surface area (Å²) in [5.74, 6) is 1.21. The van der Waals surface area contributed by atoms with Gasteiger partial charge in [0.1, 0.15) is 0 Å². The molecule has 0 bridgehead atoms. The predicted molar refractivity (Wildman–Crippen MR) is 97.9 cm³/mol. The number of hydrogen-bond donors (Lipinski definition) is 1. The Kier molecular flexibility index (Phi) is 6.91. The third kappa shape index (κ3) is 5.17. The lowest BCUT2D eigenvalue weighted by Crippen LogP contribution is -2.05. The molecule has 6 heteroatoms. The van der Waals surface area contributed by atoms with Crippen LogP contribution >= 0.6 is 0 Å². The number of carbonyl (C=O) groups excluding carboxylic acids is 1. The Balaban J connectivity index is 1.86. The molecule has 6 nitrogen and oxygen atoms in total. The molecule has 0 heterocycles. The molecule has 0 aromatic heterocycles. The Hall–Kier alpha value is -3.15. The lowest BCUT2D eigenvalue weighted by Gasteiger charge is -2.09. The van der Waals surface area contributed by atoms with Crippen LogP contribution in [0.4, 0.5) is 0 Å². The molecule has 0 unspecified atom stereocenters. The lowest BCUT2D eigenvalue weighted by atomic mass is 10.1. The number of phenols is 1. The van der Waals surface area contributed by atoms with Gasteiger partial charge in [0.2, 0.25) is 0 Å². The van der Waals surface area contributed by atoms with Gasteiger partial charge in [-0.15, -0.1) is 0 Å². The van der Waals surface area contributed by atoms with Gasteiger partial charge in [0, 0.05) is 12.5 Å². The fraction of sp³-hybridized carbons (Fsp3) is 0.250. The molecule has 0 saturated heterocycles. The van der Waals surface area contributed by atoms with Crippen molar-refractivity contribution in [3.63, 3.8) is 0 Å². The highest BCUT2D eigenvalue weighted by Gasteiger charge is 2.06. The summed E-state index contributed by atoms with van der Waals surface area (Å²) in [7, 11) is 4.62. The summed E-state index contributed by atoms with van der Waals surface area (Å²) in [5.41, 5.74) is 1.64. The van der Waals surface area contributed by atoms with Crippen LogP contribution in [0.3, 0.4) is 0 Å². The number of phenolic OH excluding ortho intramolecular Hbond substituents is 1. The predicted octanol–water partition coefficient (Wildman–Crippen LogP) is 3.22. The highest BCUT2D eigenvalue weighted by Crippen LogP contribution is 2.28. The van der Waals surface area contributed by atoms with Crippen LogP contribution in [0.5, 0.6) is 23.0 Å². The van der Waals surface area contributed by atoms with Crippen molar-refractivity contribution in [1.82, 2.24) is 0 Å². The van der Waals surface area contributed by atoms with Crippen LogP contribution in [0.2, 0.25) is 0 Å². The first kappa shape index (κ1) is 19.2. The molecule has 0 amide bonds. The van der Waals surface area contributed by atoms with E-state index >= 15 is 0 Å². The normalized spacial score (nSPS) is 10.6. The zero-order valence-corrected chi connectivity index (χ0v) is 15.0. The van der Waals surface area contributed by atoms with Gasteiger partial charge in [-0.25, -0.2) is 4.79 Å². The van der Waals surface area contributed by atoms with E-state index in [2.05, 4.69) is 0 Å². The highest BCUT2D eigenvalue weighted by molar-refractivity contribution is 5.87. The first-order valence-electron chi connectivity index (χ1n) is 8.00. The summed E-state index contributed by atoms with van der Waals surface area (Å²) >= 11 is 0. The van der Waals surface area contributed by atoms with Crippen molar-refractivity contribution < 1.29 is 28.8 Å². The minimum atomic E-state index is -0.458. The number of aromatic hydroxyl groups is 1. The maximum atomic E-state index is 11.8. The van der Waals surface area contributed by atoms with E-state index in [1.807, 2.05) is 18.2 Å². The molecule has 0 spiro atoms. The van der Waals surface area contributed by atoms with Crippen LogP contribution in [0.15, 0.2) is 42.5 Å². The molecule has 0 aliphatic carbocycles. The Morgan fingerprint density at radius 2 is 1.65 bits per heavy atom. The highest BCUT2D eigenvalue weighted by atomic mass is 16.5. The largest absolute Gasteiger partial charge is 0.504 e. The summed E-state index contributed by atoms with van der Waals surface area (Å²) in [5, 5.41) is 9.71. The molecule has 1 N–H and O–H groups in total. The van der Waals surface area contributed by atoms with Crippen LogP contribution in [0.1, 0.15) is 11.1 Å². The van der Waals surface area contributed by atoms with Gasteiger partial charge in [-0.05, 0) is 41.5 Å².